The number of hydrogen-bond donors (Lipinski definition) is 0. The number of benzene rings is 1. The molecule has 0 radical (unpaired) electrons. The molecule has 1 nitrogen and oxygen atoms in total. The van der Waals surface area contributed by atoms with Gasteiger partial charge in [0, 0.05) is 0 Å². The summed E-state index contributed by atoms with van der Waals surface area (Å²) in [6.07, 6.45) is 1.89. The van der Waals surface area contributed by atoms with Crippen LogP contribution in [0.3, 0.4) is 0 Å². The Bertz CT molecular complexity index is 423. The van der Waals surface area contributed by atoms with Crippen molar-refractivity contribution in [2.45, 2.75) is 0 Å². The van der Waals surface area contributed by atoms with Gasteiger partial charge in [-0.3, -0.25) is 0 Å². The van der Waals surface area contributed by atoms with Gasteiger partial charge in [-0.05, 0) is 0 Å². The normalized spacial score (nSPS) is 9.92. The summed E-state index contributed by atoms with van der Waals surface area (Å²) in [5.74, 6) is 0. The molecule has 0 unspecified atom stereocenters. The summed E-state index contributed by atoms with van der Waals surface area (Å²) in [4.78, 5) is 4.32. The Kier molecular flexibility index (Phi) is 2.16. The van der Waals surface area contributed by atoms with Crippen molar-refractivity contribution >= 4 is 15.2 Å². The third kappa shape index (κ3) is 1.38. The van der Waals surface area contributed by atoms with Gasteiger partial charge in [0.1, 0.15) is 0 Å². The van der Waals surface area contributed by atoms with Crippen LogP contribution in [0.15, 0.2) is 36.5 Å². The van der Waals surface area contributed by atoms with Crippen LogP contribution in [0.1, 0.15) is 5.56 Å². The molecule has 1 heterocycles. The summed E-state index contributed by atoms with van der Waals surface area (Å²) >= 11 is 2.02. The molecule has 1 aromatic carbocycles. The van der Waals surface area contributed by atoms with E-state index in [1.54, 1.807) is 0 Å². The Morgan fingerprint density at radius 2 is 2.08 bits per heavy atom. The minimum absolute atomic E-state index is 1.06. The zero-order valence-corrected chi connectivity index (χ0v) is 8.05. The summed E-state index contributed by atoms with van der Waals surface area (Å²) in [6, 6.07) is 10.3. The van der Waals surface area contributed by atoms with Gasteiger partial charge in [0.15, 0.2) is 0 Å². The molecule has 12 heavy (non-hydrogen) atoms. The number of fused-ring (bicyclic) bond motifs is 1. The fourth-order valence-corrected chi connectivity index (χ4v) is 1.41. The van der Waals surface area contributed by atoms with Crippen molar-refractivity contribution < 1.29 is 20.0 Å². The molecule has 0 atom stereocenters. The van der Waals surface area contributed by atoms with E-state index < -0.39 is 0 Å². The Morgan fingerprint density at radius 1 is 1.25 bits per heavy atom. The van der Waals surface area contributed by atoms with Crippen molar-refractivity contribution in [1.82, 2.24) is 4.98 Å². The van der Waals surface area contributed by atoms with Gasteiger partial charge in [0.2, 0.25) is 0 Å². The van der Waals surface area contributed by atoms with Gasteiger partial charge in [0.25, 0.3) is 0 Å². The molecular weight excluding hydrogens is 182 g/mol. The van der Waals surface area contributed by atoms with Crippen molar-refractivity contribution in [3.05, 3.63) is 42.1 Å². The van der Waals surface area contributed by atoms with E-state index in [0.29, 0.717) is 0 Å². The van der Waals surface area contributed by atoms with Crippen LogP contribution >= 0.6 is 0 Å². The van der Waals surface area contributed by atoms with Crippen molar-refractivity contribution in [2.75, 3.05) is 0 Å². The van der Waals surface area contributed by atoms with Gasteiger partial charge >= 0.3 is 82.3 Å². The van der Waals surface area contributed by atoms with E-state index in [-0.39, 0.29) is 0 Å². The van der Waals surface area contributed by atoms with E-state index in [4.69, 9.17) is 0 Å². The second-order valence-electron chi connectivity index (χ2n) is 2.61. The Morgan fingerprint density at radius 3 is 2.92 bits per heavy atom. The first-order valence-corrected chi connectivity index (χ1v) is 4.65. The predicted octanol–water partition coefficient (Wildman–Crippen LogP) is 1.93. The van der Waals surface area contributed by atoms with Crippen LogP contribution in [0.4, 0.5) is 0 Å². The zero-order chi connectivity index (χ0) is 8.39. The average Bonchev–Trinajstić information content (AvgIpc) is 2.17. The molecule has 0 fully saturated rings. The number of para-hydroxylation sites is 1. The monoisotopic (exact) mass is 189 g/mol. The number of pyridine rings is 1. The van der Waals surface area contributed by atoms with Crippen LogP contribution in [0, 0.1) is 0 Å². The SMILES string of the molecule is [Ti]=[CH]c1cnc2ccccc2c1. The van der Waals surface area contributed by atoms with E-state index in [0.717, 1.165) is 5.52 Å². The molecule has 0 aliphatic rings. The minimum atomic E-state index is 1.06. The Balaban J connectivity index is 2.75. The second kappa shape index (κ2) is 3.30. The molecule has 0 aliphatic carbocycles. The van der Waals surface area contributed by atoms with E-state index in [1.807, 2.05) is 44.4 Å². The molecule has 0 bridgehead atoms. The number of nitrogens with zero attached hydrogens (tertiary/aromatic N) is 1. The summed E-state index contributed by atoms with van der Waals surface area (Å²) in [5.41, 5.74) is 2.23. The third-order valence-electron chi connectivity index (χ3n) is 1.78. The van der Waals surface area contributed by atoms with Crippen LogP contribution in [0.25, 0.3) is 10.9 Å². The molecule has 2 rings (SSSR count). The molecule has 2 aromatic rings. The molecule has 0 saturated carbocycles. The summed E-state index contributed by atoms with van der Waals surface area (Å²) in [5, 5.41) is 1.20. The Hall–Kier alpha value is -0.786. The standard InChI is InChI=1S/C10H7N.Ti/c1-8-6-9-4-2-3-5-10(9)11-7-8;/h1-7H;. The first-order chi connectivity index (χ1) is 5.90. The fraction of sp³-hybridized carbons (Fsp3) is 0. The van der Waals surface area contributed by atoms with Gasteiger partial charge in [-0.15, -0.1) is 0 Å². The van der Waals surface area contributed by atoms with Crippen molar-refractivity contribution in [2.24, 2.45) is 0 Å². The predicted molar refractivity (Wildman–Crippen MR) is 46.9 cm³/mol. The van der Waals surface area contributed by atoms with Crippen LogP contribution in [-0.2, 0) is 20.0 Å². The Labute approximate surface area is 82.3 Å². The third-order valence-corrected chi connectivity index (χ3v) is 2.30. The van der Waals surface area contributed by atoms with Gasteiger partial charge < -0.3 is 0 Å². The maximum atomic E-state index is 4.32. The summed E-state index contributed by atoms with van der Waals surface area (Å²) in [7, 11) is 0. The number of hydrogen-bond acceptors (Lipinski definition) is 1. The van der Waals surface area contributed by atoms with Crippen LogP contribution in [0.5, 0.6) is 0 Å². The van der Waals surface area contributed by atoms with E-state index in [2.05, 4.69) is 21.4 Å². The quantitative estimate of drug-likeness (QED) is 0.624. The maximum absolute atomic E-state index is 4.32. The first kappa shape index (κ1) is 7.84. The van der Waals surface area contributed by atoms with Crippen molar-refractivity contribution in [3.8, 4) is 0 Å². The van der Waals surface area contributed by atoms with E-state index in [9.17, 15) is 0 Å². The molecule has 0 saturated heterocycles. The second-order valence-corrected chi connectivity index (χ2v) is 3.06. The summed E-state index contributed by atoms with van der Waals surface area (Å²) in [6.45, 7) is 0. The van der Waals surface area contributed by atoms with Crippen molar-refractivity contribution in [3.63, 3.8) is 0 Å². The van der Waals surface area contributed by atoms with Crippen LogP contribution < -0.4 is 0 Å². The number of rotatable bonds is 1. The molecule has 2 heteroatoms. The average molecular weight is 189 g/mol. The molecule has 1 aromatic heterocycles. The van der Waals surface area contributed by atoms with Crippen LogP contribution in [-0.4, -0.2) is 9.30 Å². The molecular formula is C10H7NTi. The molecule has 56 valence electrons. The zero-order valence-electron chi connectivity index (χ0n) is 6.49. The molecule has 0 amide bonds. The number of aromatic nitrogens is 1. The van der Waals surface area contributed by atoms with Gasteiger partial charge in [-0.2, -0.15) is 0 Å². The topological polar surface area (TPSA) is 12.9 Å². The molecule has 0 N–H and O–H groups in total. The van der Waals surface area contributed by atoms with E-state index in [1.165, 1.54) is 10.9 Å². The molecule has 0 spiro atoms. The first-order valence-electron chi connectivity index (χ1n) is 3.75. The van der Waals surface area contributed by atoms with Gasteiger partial charge in [-0.25, -0.2) is 0 Å². The fourth-order valence-electron chi connectivity index (χ4n) is 1.17. The molecule has 0 aliphatic heterocycles. The van der Waals surface area contributed by atoms with Crippen LogP contribution in [0.2, 0.25) is 0 Å². The summed E-state index contributed by atoms with van der Waals surface area (Å²) < 4.78 is 2.06. The van der Waals surface area contributed by atoms with Crippen molar-refractivity contribution in [1.29, 1.82) is 0 Å². The van der Waals surface area contributed by atoms with Gasteiger partial charge in [0.05, 0.1) is 0 Å². The van der Waals surface area contributed by atoms with Gasteiger partial charge in [-0.1, -0.05) is 0 Å². The van der Waals surface area contributed by atoms with E-state index >= 15 is 0 Å².